The number of thiophene rings is 1. The lowest BCUT2D eigenvalue weighted by Crippen LogP contribution is -2.12. The van der Waals surface area contributed by atoms with Gasteiger partial charge in [0.25, 0.3) is 0 Å². The van der Waals surface area contributed by atoms with Crippen molar-refractivity contribution in [2.24, 2.45) is 0 Å². The van der Waals surface area contributed by atoms with Gasteiger partial charge in [-0.05, 0) is 17.5 Å². The molecule has 2 aromatic rings. The highest BCUT2D eigenvalue weighted by atomic mass is 32.1. The number of nitro benzene ring substituents is 1. The second-order valence-electron chi connectivity index (χ2n) is 3.88. The molecule has 0 saturated heterocycles. The van der Waals surface area contributed by atoms with Crippen molar-refractivity contribution in [1.82, 2.24) is 0 Å². The van der Waals surface area contributed by atoms with Crippen LogP contribution in [-0.2, 0) is 0 Å². The Morgan fingerprint density at radius 2 is 1.95 bits per heavy atom. The SMILES string of the molecule is O=C(O)c1cc(O)c(O)c([N+](=O)[O-])c1C(=O)c1cccs1. The van der Waals surface area contributed by atoms with Crippen LogP contribution in [0.4, 0.5) is 5.69 Å². The molecule has 0 aliphatic heterocycles. The third-order valence-corrected chi connectivity index (χ3v) is 3.51. The maximum atomic E-state index is 12.3. The van der Waals surface area contributed by atoms with Crippen LogP contribution < -0.4 is 0 Å². The van der Waals surface area contributed by atoms with E-state index >= 15 is 0 Å². The van der Waals surface area contributed by atoms with Crippen molar-refractivity contribution in [3.63, 3.8) is 0 Å². The lowest BCUT2D eigenvalue weighted by molar-refractivity contribution is -0.386. The van der Waals surface area contributed by atoms with Crippen molar-refractivity contribution in [3.8, 4) is 11.5 Å². The molecule has 108 valence electrons. The number of carboxylic acids is 1. The Hall–Kier alpha value is -2.94. The molecule has 1 aromatic heterocycles. The van der Waals surface area contributed by atoms with Gasteiger partial charge in [-0.1, -0.05) is 6.07 Å². The number of carboxylic acid groups (broad SMARTS) is 1. The predicted octanol–water partition coefficient (Wildman–Crippen LogP) is 2.00. The van der Waals surface area contributed by atoms with Crippen LogP contribution in [0.2, 0.25) is 0 Å². The van der Waals surface area contributed by atoms with Crippen molar-refractivity contribution in [3.05, 3.63) is 49.7 Å². The van der Waals surface area contributed by atoms with E-state index in [1.54, 1.807) is 5.38 Å². The summed E-state index contributed by atoms with van der Waals surface area (Å²) in [6.07, 6.45) is 0. The Labute approximate surface area is 120 Å². The third-order valence-electron chi connectivity index (χ3n) is 2.64. The van der Waals surface area contributed by atoms with Gasteiger partial charge in [-0.15, -0.1) is 11.3 Å². The minimum atomic E-state index is -1.63. The van der Waals surface area contributed by atoms with E-state index in [0.717, 1.165) is 11.3 Å². The Balaban J connectivity index is 2.84. The first kappa shape index (κ1) is 14.5. The number of carbonyl (C=O) groups excluding carboxylic acids is 1. The van der Waals surface area contributed by atoms with Crippen LogP contribution in [0.5, 0.6) is 11.5 Å². The summed E-state index contributed by atoms with van der Waals surface area (Å²) in [5.41, 5.74) is -2.66. The molecule has 1 aromatic carbocycles. The average Bonchev–Trinajstić information content (AvgIpc) is 2.93. The van der Waals surface area contributed by atoms with Gasteiger partial charge in [0, 0.05) is 0 Å². The highest BCUT2D eigenvalue weighted by Crippen LogP contribution is 2.41. The lowest BCUT2D eigenvalue weighted by atomic mass is 9.99. The van der Waals surface area contributed by atoms with E-state index in [-0.39, 0.29) is 4.88 Å². The first-order valence-corrected chi connectivity index (χ1v) is 6.27. The smallest absolute Gasteiger partial charge is 0.336 e. The number of nitrogens with zero attached hydrogens (tertiary/aromatic N) is 1. The first-order chi connectivity index (χ1) is 9.84. The van der Waals surface area contributed by atoms with Crippen molar-refractivity contribution in [1.29, 1.82) is 0 Å². The van der Waals surface area contributed by atoms with E-state index in [1.807, 2.05) is 0 Å². The van der Waals surface area contributed by atoms with E-state index in [1.165, 1.54) is 12.1 Å². The number of phenolic OH excluding ortho intramolecular Hbond substituents is 2. The number of ketones is 1. The summed E-state index contributed by atoms with van der Waals surface area (Å²) >= 11 is 0.968. The summed E-state index contributed by atoms with van der Waals surface area (Å²) in [5.74, 6) is -4.68. The molecule has 0 bridgehead atoms. The zero-order valence-electron chi connectivity index (χ0n) is 10.1. The van der Waals surface area contributed by atoms with Gasteiger partial charge in [-0.3, -0.25) is 14.9 Å². The number of phenols is 2. The summed E-state index contributed by atoms with van der Waals surface area (Å²) in [4.78, 5) is 33.4. The second kappa shape index (κ2) is 5.21. The number of aromatic carboxylic acids is 1. The van der Waals surface area contributed by atoms with Crippen LogP contribution in [-0.4, -0.2) is 32.0 Å². The van der Waals surface area contributed by atoms with Crippen molar-refractivity contribution in [2.45, 2.75) is 0 Å². The third kappa shape index (κ3) is 2.41. The van der Waals surface area contributed by atoms with Gasteiger partial charge >= 0.3 is 11.7 Å². The van der Waals surface area contributed by atoms with E-state index < -0.39 is 45.0 Å². The maximum Gasteiger partial charge on any atom is 0.336 e. The second-order valence-corrected chi connectivity index (χ2v) is 4.83. The number of aromatic hydroxyl groups is 2. The topological polar surface area (TPSA) is 138 Å². The van der Waals surface area contributed by atoms with Crippen LogP contribution in [0.25, 0.3) is 0 Å². The normalized spacial score (nSPS) is 10.3. The number of benzene rings is 1. The van der Waals surface area contributed by atoms with E-state index in [2.05, 4.69) is 0 Å². The minimum absolute atomic E-state index is 0.0747. The Bertz CT molecular complexity index is 751. The molecule has 0 fully saturated rings. The molecular formula is C12H7NO7S. The van der Waals surface area contributed by atoms with Gasteiger partial charge in [0.15, 0.2) is 5.75 Å². The van der Waals surface area contributed by atoms with Crippen LogP contribution in [0, 0.1) is 10.1 Å². The van der Waals surface area contributed by atoms with Gasteiger partial charge in [0.1, 0.15) is 5.56 Å². The molecule has 9 heteroatoms. The molecule has 0 atom stereocenters. The molecule has 0 spiro atoms. The minimum Gasteiger partial charge on any atom is -0.504 e. The molecular weight excluding hydrogens is 302 g/mol. The molecule has 0 amide bonds. The van der Waals surface area contributed by atoms with Gasteiger partial charge in [0.2, 0.25) is 11.5 Å². The lowest BCUT2D eigenvalue weighted by Gasteiger charge is -2.08. The maximum absolute atomic E-state index is 12.3. The Morgan fingerprint density at radius 3 is 2.43 bits per heavy atom. The molecule has 0 saturated carbocycles. The molecule has 0 aliphatic carbocycles. The van der Waals surface area contributed by atoms with Crippen molar-refractivity contribution >= 4 is 28.8 Å². The monoisotopic (exact) mass is 309 g/mol. The largest absolute Gasteiger partial charge is 0.504 e. The standard InChI is InChI=1S/C12H7NO7S/c14-6-4-5(12(17)18)8(9(10(6)15)13(19)20)11(16)7-2-1-3-21-7/h1-4,14-15H,(H,17,18). The molecule has 21 heavy (non-hydrogen) atoms. The van der Waals surface area contributed by atoms with Crippen LogP contribution in [0.15, 0.2) is 23.6 Å². The quantitative estimate of drug-likeness (QED) is 0.340. The highest BCUT2D eigenvalue weighted by molar-refractivity contribution is 7.12. The fraction of sp³-hybridized carbons (Fsp3) is 0. The van der Waals surface area contributed by atoms with Crippen molar-refractivity contribution in [2.75, 3.05) is 0 Å². The molecule has 0 aliphatic rings. The number of carbonyl (C=O) groups is 2. The van der Waals surface area contributed by atoms with Crippen LogP contribution in [0.3, 0.4) is 0 Å². The molecule has 0 unspecified atom stereocenters. The average molecular weight is 309 g/mol. The zero-order valence-corrected chi connectivity index (χ0v) is 11.0. The number of nitro groups is 1. The summed E-state index contributed by atoms with van der Waals surface area (Å²) in [5, 5.41) is 40.6. The van der Waals surface area contributed by atoms with Crippen LogP contribution >= 0.6 is 11.3 Å². The summed E-state index contributed by atoms with van der Waals surface area (Å²) in [7, 11) is 0. The first-order valence-electron chi connectivity index (χ1n) is 5.39. The van der Waals surface area contributed by atoms with E-state index in [0.29, 0.717) is 6.07 Å². The fourth-order valence-electron chi connectivity index (χ4n) is 1.75. The highest BCUT2D eigenvalue weighted by Gasteiger charge is 2.34. The van der Waals surface area contributed by atoms with Gasteiger partial charge in [-0.25, -0.2) is 4.79 Å². The van der Waals surface area contributed by atoms with Crippen molar-refractivity contribution < 1.29 is 29.8 Å². The van der Waals surface area contributed by atoms with Gasteiger partial charge < -0.3 is 15.3 Å². The van der Waals surface area contributed by atoms with E-state index in [4.69, 9.17) is 5.11 Å². The van der Waals surface area contributed by atoms with Crippen LogP contribution in [0.1, 0.15) is 25.6 Å². The Morgan fingerprint density at radius 1 is 1.29 bits per heavy atom. The molecule has 1 heterocycles. The van der Waals surface area contributed by atoms with E-state index in [9.17, 15) is 29.9 Å². The number of hydrogen-bond acceptors (Lipinski definition) is 7. The molecule has 2 rings (SSSR count). The summed E-state index contributed by atoms with van der Waals surface area (Å²) < 4.78 is 0. The number of rotatable bonds is 4. The summed E-state index contributed by atoms with van der Waals surface area (Å²) in [6, 6.07) is 3.49. The molecule has 8 nitrogen and oxygen atoms in total. The fourth-order valence-corrected chi connectivity index (χ4v) is 2.42. The van der Waals surface area contributed by atoms with Gasteiger partial charge in [0.05, 0.1) is 15.4 Å². The Kier molecular flexibility index (Phi) is 3.59. The predicted molar refractivity (Wildman–Crippen MR) is 71.1 cm³/mol. The molecule has 0 radical (unpaired) electrons. The van der Waals surface area contributed by atoms with Gasteiger partial charge in [-0.2, -0.15) is 0 Å². The summed E-state index contributed by atoms with van der Waals surface area (Å²) in [6.45, 7) is 0. The zero-order chi connectivity index (χ0) is 15.7. The number of hydrogen-bond donors (Lipinski definition) is 3. The molecule has 3 N–H and O–H groups in total.